The summed E-state index contributed by atoms with van der Waals surface area (Å²) in [4.78, 5) is 2.33. The normalized spacial score (nSPS) is 20.7. The zero-order chi connectivity index (χ0) is 18.6. The molecular formula is C22H36ClNO2. The number of para-hydroxylation sites is 1. The fourth-order valence-corrected chi connectivity index (χ4v) is 3.90. The molecule has 1 heterocycles. The minimum atomic E-state index is -0.168. The summed E-state index contributed by atoms with van der Waals surface area (Å²) in [6.07, 6.45) is 13.3. The molecule has 1 aliphatic rings. The van der Waals surface area contributed by atoms with Gasteiger partial charge in [-0.3, -0.25) is 4.90 Å². The maximum absolute atomic E-state index is 10.2. The number of ether oxygens (including phenoxy) is 1. The van der Waals surface area contributed by atoms with Gasteiger partial charge in [-0.15, -0.1) is 11.6 Å². The molecule has 1 aromatic carbocycles. The Morgan fingerprint density at radius 1 is 1.00 bits per heavy atom. The second-order valence-corrected chi connectivity index (χ2v) is 7.81. The van der Waals surface area contributed by atoms with Gasteiger partial charge in [0.15, 0.2) is 0 Å². The van der Waals surface area contributed by atoms with Crippen LogP contribution in [-0.4, -0.2) is 35.1 Å². The Balaban J connectivity index is 1.66. The number of rotatable bonds is 13. The smallest absolute Gasteiger partial charge is 0.140 e. The largest absolute Gasteiger partial charge is 0.508 e. The predicted molar refractivity (Wildman–Crippen MR) is 110 cm³/mol. The number of phenols is 1. The first kappa shape index (κ1) is 21.5. The van der Waals surface area contributed by atoms with Crippen molar-refractivity contribution < 1.29 is 9.84 Å². The summed E-state index contributed by atoms with van der Waals surface area (Å²) >= 11 is 6.02. The molecule has 1 fully saturated rings. The van der Waals surface area contributed by atoms with Crippen LogP contribution >= 0.6 is 11.6 Å². The molecule has 4 heteroatoms. The van der Waals surface area contributed by atoms with Crippen LogP contribution in [0.1, 0.15) is 82.9 Å². The van der Waals surface area contributed by atoms with Gasteiger partial charge in [-0.1, -0.05) is 82.9 Å². The van der Waals surface area contributed by atoms with Crippen molar-refractivity contribution >= 4 is 11.6 Å². The van der Waals surface area contributed by atoms with Crippen LogP contribution < -0.4 is 0 Å². The van der Waals surface area contributed by atoms with Crippen molar-refractivity contribution in [3.63, 3.8) is 0 Å². The maximum Gasteiger partial charge on any atom is 0.140 e. The van der Waals surface area contributed by atoms with E-state index in [0.29, 0.717) is 11.6 Å². The number of benzene rings is 1. The average molecular weight is 382 g/mol. The van der Waals surface area contributed by atoms with Crippen molar-refractivity contribution in [2.45, 2.75) is 83.5 Å². The molecule has 0 bridgehead atoms. The summed E-state index contributed by atoms with van der Waals surface area (Å²) < 4.78 is 6.07. The van der Waals surface area contributed by atoms with Crippen molar-refractivity contribution in [1.29, 1.82) is 0 Å². The summed E-state index contributed by atoms with van der Waals surface area (Å²) in [5.74, 6) is 0.805. The minimum absolute atomic E-state index is 0.0457. The van der Waals surface area contributed by atoms with Crippen LogP contribution in [0.4, 0.5) is 0 Å². The van der Waals surface area contributed by atoms with Gasteiger partial charge < -0.3 is 9.84 Å². The zero-order valence-electron chi connectivity index (χ0n) is 16.3. The first-order chi connectivity index (χ1) is 12.8. The summed E-state index contributed by atoms with van der Waals surface area (Å²) in [5.41, 5.74) is 0.854. The van der Waals surface area contributed by atoms with Crippen molar-refractivity contribution in [3.05, 3.63) is 29.8 Å². The van der Waals surface area contributed by atoms with Crippen LogP contribution in [0.3, 0.4) is 0 Å². The Morgan fingerprint density at radius 3 is 2.23 bits per heavy atom. The minimum Gasteiger partial charge on any atom is -0.508 e. The Labute approximate surface area is 164 Å². The number of aromatic hydroxyl groups is 1. The van der Waals surface area contributed by atoms with E-state index in [2.05, 4.69) is 11.8 Å². The van der Waals surface area contributed by atoms with Gasteiger partial charge >= 0.3 is 0 Å². The van der Waals surface area contributed by atoms with Crippen LogP contribution in [0, 0.1) is 0 Å². The monoisotopic (exact) mass is 381 g/mol. The molecule has 0 aliphatic carbocycles. The number of halogens is 1. The Kier molecular flexibility index (Phi) is 10.4. The highest BCUT2D eigenvalue weighted by molar-refractivity contribution is 6.18. The van der Waals surface area contributed by atoms with Gasteiger partial charge in [0.05, 0.1) is 6.10 Å². The molecule has 0 spiro atoms. The number of phenolic OH excluding ortho intramolecular Hbond substituents is 1. The van der Waals surface area contributed by atoms with E-state index in [4.69, 9.17) is 16.3 Å². The van der Waals surface area contributed by atoms with Gasteiger partial charge in [0.2, 0.25) is 0 Å². The molecule has 1 saturated heterocycles. The van der Waals surface area contributed by atoms with Gasteiger partial charge in [-0.05, 0) is 12.5 Å². The molecule has 0 amide bonds. The third kappa shape index (κ3) is 7.09. The van der Waals surface area contributed by atoms with Crippen molar-refractivity contribution in [2.75, 3.05) is 19.0 Å². The summed E-state index contributed by atoms with van der Waals surface area (Å²) in [7, 11) is 0. The van der Waals surface area contributed by atoms with E-state index in [1.807, 2.05) is 18.2 Å². The van der Waals surface area contributed by atoms with Gasteiger partial charge in [-0.25, -0.2) is 0 Å². The quantitative estimate of drug-likeness (QED) is 0.323. The highest BCUT2D eigenvalue weighted by atomic mass is 35.5. The van der Waals surface area contributed by atoms with Crippen LogP contribution in [0.25, 0.3) is 0 Å². The molecule has 1 aliphatic heterocycles. The maximum atomic E-state index is 10.2. The van der Waals surface area contributed by atoms with Crippen LogP contribution in [-0.2, 0) is 4.74 Å². The first-order valence-electron chi connectivity index (χ1n) is 10.5. The third-order valence-electron chi connectivity index (χ3n) is 5.26. The molecule has 0 radical (unpaired) electrons. The number of hydrogen-bond donors (Lipinski definition) is 1. The molecule has 0 aromatic heterocycles. The van der Waals surface area contributed by atoms with Crippen molar-refractivity contribution in [3.8, 4) is 5.75 Å². The number of nitrogens with zero attached hydrogens (tertiary/aromatic N) is 1. The highest BCUT2D eigenvalue weighted by Gasteiger charge is 2.34. The zero-order valence-corrected chi connectivity index (χ0v) is 17.1. The third-order valence-corrected chi connectivity index (χ3v) is 5.61. The van der Waals surface area contributed by atoms with Gasteiger partial charge in [0, 0.05) is 24.5 Å². The SMILES string of the molecule is CCCCCCCCCCCCN1CC(CCl)OC1c1ccccc1O. The highest BCUT2D eigenvalue weighted by Crippen LogP contribution is 2.35. The molecule has 1 aromatic rings. The molecule has 3 nitrogen and oxygen atoms in total. The van der Waals surface area contributed by atoms with Crippen molar-refractivity contribution in [1.82, 2.24) is 4.90 Å². The van der Waals surface area contributed by atoms with Gasteiger partial charge in [-0.2, -0.15) is 0 Å². The lowest BCUT2D eigenvalue weighted by Crippen LogP contribution is -2.26. The second-order valence-electron chi connectivity index (χ2n) is 7.50. The number of alkyl halides is 1. The van der Waals surface area contributed by atoms with Crippen LogP contribution in [0.5, 0.6) is 5.75 Å². The fourth-order valence-electron chi connectivity index (χ4n) is 3.73. The van der Waals surface area contributed by atoms with E-state index in [0.717, 1.165) is 18.7 Å². The Bertz CT molecular complexity index is 497. The molecule has 148 valence electrons. The molecule has 2 unspecified atom stereocenters. The van der Waals surface area contributed by atoms with Crippen molar-refractivity contribution in [2.24, 2.45) is 0 Å². The lowest BCUT2D eigenvalue weighted by molar-refractivity contribution is 0.00353. The lowest BCUT2D eigenvalue weighted by Gasteiger charge is -2.23. The van der Waals surface area contributed by atoms with E-state index in [9.17, 15) is 5.11 Å². The predicted octanol–water partition coefficient (Wildman–Crippen LogP) is 6.25. The molecular weight excluding hydrogens is 346 g/mol. The van der Waals surface area contributed by atoms with E-state index in [1.165, 1.54) is 64.2 Å². The first-order valence-corrected chi connectivity index (χ1v) is 11.0. The Morgan fingerprint density at radius 2 is 1.62 bits per heavy atom. The molecule has 26 heavy (non-hydrogen) atoms. The number of hydrogen-bond acceptors (Lipinski definition) is 3. The lowest BCUT2D eigenvalue weighted by atomic mass is 10.1. The standard InChI is InChI=1S/C22H36ClNO2/c1-2-3-4-5-6-7-8-9-10-13-16-24-18-19(17-23)26-22(24)20-14-11-12-15-21(20)25/h11-12,14-15,19,22,25H,2-10,13,16-18H2,1H3. The Hall–Kier alpha value is -0.770. The van der Waals surface area contributed by atoms with E-state index < -0.39 is 0 Å². The number of unbranched alkanes of at least 4 members (excludes halogenated alkanes) is 9. The van der Waals surface area contributed by atoms with E-state index >= 15 is 0 Å². The summed E-state index contributed by atoms with van der Waals surface area (Å²) in [5, 5.41) is 10.2. The van der Waals surface area contributed by atoms with Gasteiger partial charge in [0.1, 0.15) is 12.0 Å². The fraction of sp³-hybridized carbons (Fsp3) is 0.727. The summed E-state index contributed by atoms with van der Waals surface area (Å²) in [6.45, 7) is 4.12. The topological polar surface area (TPSA) is 32.7 Å². The molecule has 2 rings (SSSR count). The van der Waals surface area contributed by atoms with E-state index in [-0.39, 0.29) is 12.3 Å². The molecule has 2 atom stereocenters. The molecule has 1 N–H and O–H groups in total. The van der Waals surface area contributed by atoms with Crippen LogP contribution in [0.15, 0.2) is 24.3 Å². The van der Waals surface area contributed by atoms with Gasteiger partial charge in [0.25, 0.3) is 0 Å². The summed E-state index contributed by atoms with van der Waals surface area (Å²) in [6, 6.07) is 7.47. The second kappa shape index (κ2) is 12.6. The van der Waals surface area contributed by atoms with E-state index in [1.54, 1.807) is 6.07 Å². The molecule has 0 saturated carbocycles. The van der Waals surface area contributed by atoms with Crippen LogP contribution in [0.2, 0.25) is 0 Å². The average Bonchev–Trinajstić information content (AvgIpc) is 3.07.